The van der Waals surface area contributed by atoms with Crippen LogP contribution in [0, 0.1) is 0 Å². The fraction of sp³-hybridized carbons (Fsp3) is 0.150. The Labute approximate surface area is 150 Å². The van der Waals surface area contributed by atoms with Crippen molar-refractivity contribution in [1.82, 2.24) is 4.98 Å². The van der Waals surface area contributed by atoms with E-state index in [0.29, 0.717) is 23.7 Å². The fourth-order valence-electron chi connectivity index (χ4n) is 3.03. The van der Waals surface area contributed by atoms with Gasteiger partial charge in [0, 0.05) is 24.5 Å². The van der Waals surface area contributed by atoms with Gasteiger partial charge in [0.15, 0.2) is 6.61 Å². The second-order valence-corrected chi connectivity index (χ2v) is 5.98. The average Bonchev–Trinajstić information content (AvgIpc) is 2.67. The summed E-state index contributed by atoms with van der Waals surface area (Å²) in [6.45, 7) is 0.287. The topological polar surface area (TPSA) is 71.5 Å². The van der Waals surface area contributed by atoms with Crippen LogP contribution in [0.1, 0.15) is 6.42 Å². The number of para-hydroxylation sites is 3. The predicted octanol–water partition coefficient (Wildman–Crippen LogP) is 2.99. The Morgan fingerprint density at radius 3 is 2.88 bits per heavy atom. The molecular formula is C20H17N3O3. The fourth-order valence-corrected chi connectivity index (χ4v) is 3.03. The summed E-state index contributed by atoms with van der Waals surface area (Å²) in [5.41, 5.74) is 2.11. The van der Waals surface area contributed by atoms with Gasteiger partial charge in [-0.25, -0.2) is 0 Å². The molecule has 0 saturated carbocycles. The number of fused-ring (bicyclic) bond motifs is 2. The molecule has 130 valence electrons. The van der Waals surface area contributed by atoms with Crippen molar-refractivity contribution in [2.75, 3.05) is 23.4 Å². The molecule has 0 fully saturated rings. The van der Waals surface area contributed by atoms with Crippen LogP contribution in [0.5, 0.6) is 5.75 Å². The summed E-state index contributed by atoms with van der Waals surface area (Å²) in [4.78, 5) is 30.5. The zero-order valence-electron chi connectivity index (χ0n) is 14.0. The molecule has 0 bridgehead atoms. The molecule has 0 atom stereocenters. The molecule has 1 N–H and O–H groups in total. The molecule has 1 aromatic heterocycles. The molecule has 0 radical (unpaired) electrons. The number of nitrogens with one attached hydrogen (secondary N) is 1. The summed E-state index contributed by atoms with van der Waals surface area (Å²) in [5.74, 6) is 0.342. The molecule has 0 spiro atoms. The van der Waals surface area contributed by atoms with Crippen LogP contribution in [-0.2, 0) is 9.59 Å². The van der Waals surface area contributed by atoms with Crippen molar-refractivity contribution >= 4 is 34.1 Å². The van der Waals surface area contributed by atoms with E-state index in [1.165, 1.54) is 0 Å². The number of rotatable bonds is 4. The molecule has 6 heteroatoms. The van der Waals surface area contributed by atoms with E-state index in [4.69, 9.17) is 4.74 Å². The van der Waals surface area contributed by atoms with E-state index in [-0.39, 0.29) is 24.8 Å². The quantitative estimate of drug-likeness (QED) is 0.787. The Morgan fingerprint density at radius 2 is 1.96 bits per heavy atom. The lowest BCUT2D eigenvalue weighted by molar-refractivity contribution is -0.121. The smallest absolute Gasteiger partial charge is 0.265 e. The first-order valence-corrected chi connectivity index (χ1v) is 8.38. The van der Waals surface area contributed by atoms with Gasteiger partial charge >= 0.3 is 0 Å². The van der Waals surface area contributed by atoms with Crippen LogP contribution >= 0.6 is 0 Å². The molecule has 0 saturated heterocycles. The van der Waals surface area contributed by atoms with Crippen LogP contribution in [0.2, 0.25) is 0 Å². The Balaban J connectivity index is 1.47. The zero-order valence-corrected chi connectivity index (χ0v) is 14.0. The Hall–Kier alpha value is -3.41. The van der Waals surface area contributed by atoms with E-state index in [1.54, 1.807) is 11.1 Å². The van der Waals surface area contributed by atoms with E-state index in [0.717, 1.165) is 10.9 Å². The number of benzene rings is 2. The number of carbonyl (C=O) groups excluding carboxylic acids is 2. The number of amides is 2. The van der Waals surface area contributed by atoms with Crippen LogP contribution in [-0.4, -0.2) is 29.9 Å². The van der Waals surface area contributed by atoms with Crippen molar-refractivity contribution in [1.29, 1.82) is 0 Å². The third-order valence-corrected chi connectivity index (χ3v) is 4.28. The van der Waals surface area contributed by atoms with Gasteiger partial charge in [0.25, 0.3) is 5.91 Å². The number of aromatic nitrogens is 1. The normalized spacial score (nSPS) is 13.2. The van der Waals surface area contributed by atoms with Gasteiger partial charge in [-0.1, -0.05) is 30.3 Å². The van der Waals surface area contributed by atoms with Gasteiger partial charge in [-0.3, -0.25) is 14.6 Å². The Kier molecular flexibility index (Phi) is 4.23. The molecule has 0 unspecified atom stereocenters. The van der Waals surface area contributed by atoms with Crippen LogP contribution < -0.4 is 15.0 Å². The number of hydrogen-bond acceptors (Lipinski definition) is 4. The largest absolute Gasteiger partial charge is 0.482 e. The summed E-state index contributed by atoms with van der Waals surface area (Å²) < 4.78 is 5.42. The summed E-state index contributed by atoms with van der Waals surface area (Å²) in [7, 11) is 0. The lowest BCUT2D eigenvalue weighted by atomic mass is 10.2. The first-order chi connectivity index (χ1) is 12.7. The zero-order chi connectivity index (χ0) is 17.9. The molecule has 2 amide bonds. The number of pyridine rings is 1. The maximum atomic E-state index is 12.4. The highest BCUT2D eigenvalue weighted by atomic mass is 16.5. The van der Waals surface area contributed by atoms with Gasteiger partial charge in [-0.05, 0) is 24.3 Å². The molecule has 26 heavy (non-hydrogen) atoms. The highest BCUT2D eigenvalue weighted by Gasteiger charge is 2.25. The molecule has 1 aliphatic rings. The van der Waals surface area contributed by atoms with Crippen molar-refractivity contribution in [3.63, 3.8) is 0 Å². The monoisotopic (exact) mass is 347 g/mol. The highest BCUT2D eigenvalue weighted by molar-refractivity contribution is 6.02. The van der Waals surface area contributed by atoms with E-state index in [9.17, 15) is 9.59 Å². The number of carbonyl (C=O) groups is 2. The van der Waals surface area contributed by atoms with Crippen LogP contribution in [0.25, 0.3) is 10.9 Å². The highest BCUT2D eigenvalue weighted by Crippen LogP contribution is 2.31. The molecule has 0 aliphatic carbocycles. The van der Waals surface area contributed by atoms with Gasteiger partial charge in [0.1, 0.15) is 5.75 Å². The minimum atomic E-state index is -0.167. The van der Waals surface area contributed by atoms with Gasteiger partial charge in [0.2, 0.25) is 5.91 Å². The summed E-state index contributed by atoms with van der Waals surface area (Å²) in [6, 6.07) is 16.8. The summed E-state index contributed by atoms with van der Waals surface area (Å²) >= 11 is 0. The molecule has 2 heterocycles. The first kappa shape index (κ1) is 16.1. The third-order valence-electron chi connectivity index (χ3n) is 4.28. The second kappa shape index (κ2) is 6.84. The second-order valence-electron chi connectivity index (χ2n) is 5.98. The van der Waals surface area contributed by atoms with Crippen LogP contribution in [0.3, 0.4) is 0 Å². The summed E-state index contributed by atoms with van der Waals surface area (Å²) in [5, 5.41) is 3.85. The van der Waals surface area contributed by atoms with Crippen molar-refractivity contribution in [2.24, 2.45) is 0 Å². The van der Waals surface area contributed by atoms with Crippen LogP contribution in [0.15, 0.2) is 60.8 Å². The third kappa shape index (κ3) is 3.09. The molecule has 4 rings (SSSR count). The number of nitrogens with zero attached hydrogens (tertiary/aromatic N) is 2. The molecule has 2 aromatic carbocycles. The van der Waals surface area contributed by atoms with E-state index >= 15 is 0 Å². The molecule has 3 aromatic rings. The van der Waals surface area contributed by atoms with Crippen LogP contribution in [0.4, 0.5) is 11.4 Å². The lowest BCUT2D eigenvalue weighted by Crippen LogP contribution is -2.40. The average molecular weight is 347 g/mol. The number of ether oxygens (including phenoxy) is 1. The SMILES string of the molecule is O=C(CCN1C(=O)COc2ccccc21)Nc1cccc2cccnc12. The molecule has 1 aliphatic heterocycles. The maximum Gasteiger partial charge on any atom is 0.265 e. The van der Waals surface area contributed by atoms with E-state index < -0.39 is 0 Å². The standard InChI is InChI=1S/C20H17N3O3/c24-18(22-15-7-3-5-14-6-4-11-21-20(14)15)10-12-23-16-8-1-2-9-17(16)26-13-19(23)25/h1-9,11H,10,12-13H2,(H,22,24). The van der Waals surface area contributed by atoms with Crippen molar-refractivity contribution in [3.8, 4) is 5.75 Å². The van der Waals surface area contributed by atoms with Gasteiger partial charge in [0.05, 0.1) is 16.9 Å². The maximum absolute atomic E-state index is 12.4. The minimum absolute atomic E-state index is 0.00806. The summed E-state index contributed by atoms with van der Waals surface area (Å²) in [6.07, 6.45) is 1.88. The molecule has 6 nitrogen and oxygen atoms in total. The lowest BCUT2D eigenvalue weighted by Gasteiger charge is -2.29. The first-order valence-electron chi connectivity index (χ1n) is 8.38. The molecular weight excluding hydrogens is 330 g/mol. The van der Waals surface area contributed by atoms with Crippen molar-refractivity contribution in [2.45, 2.75) is 6.42 Å². The van der Waals surface area contributed by atoms with E-state index in [1.807, 2.05) is 54.6 Å². The minimum Gasteiger partial charge on any atom is -0.482 e. The number of hydrogen-bond donors (Lipinski definition) is 1. The van der Waals surface area contributed by atoms with Crippen molar-refractivity contribution in [3.05, 3.63) is 60.8 Å². The van der Waals surface area contributed by atoms with Crippen molar-refractivity contribution < 1.29 is 14.3 Å². The predicted molar refractivity (Wildman–Crippen MR) is 99.3 cm³/mol. The van der Waals surface area contributed by atoms with Gasteiger partial charge in [-0.2, -0.15) is 0 Å². The van der Waals surface area contributed by atoms with Gasteiger partial charge in [-0.15, -0.1) is 0 Å². The Bertz CT molecular complexity index is 981. The van der Waals surface area contributed by atoms with E-state index in [2.05, 4.69) is 10.3 Å². The number of anilines is 2. The Morgan fingerprint density at radius 1 is 1.12 bits per heavy atom. The van der Waals surface area contributed by atoms with Gasteiger partial charge < -0.3 is 15.0 Å².